The first kappa shape index (κ1) is 13.5. The molecule has 0 bridgehead atoms. The maximum atomic E-state index is 6.17. The monoisotopic (exact) mass is 243 g/mol. The Morgan fingerprint density at radius 1 is 1.44 bits per heavy atom. The van der Waals surface area contributed by atoms with E-state index in [0.717, 1.165) is 23.7 Å². The molecule has 0 saturated heterocycles. The third-order valence-corrected chi connectivity index (χ3v) is 3.11. The van der Waals surface area contributed by atoms with Gasteiger partial charge in [-0.15, -0.1) is 0 Å². The van der Waals surface area contributed by atoms with Crippen LogP contribution in [0.5, 0.6) is 0 Å². The van der Waals surface area contributed by atoms with E-state index >= 15 is 0 Å². The fourth-order valence-electron chi connectivity index (χ4n) is 1.99. The van der Waals surface area contributed by atoms with E-state index in [-0.39, 0.29) is 0 Å². The molecule has 1 aromatic heterocycles. The zero-order valence-electron chi connectivity index (χ0n) is 10.5. The van der Waals surface area contributed by atoms with E-state index in [4.69, 9.17) is 11.6 Å². The standard InChI is InChI=1S/C12H22ClN3/c1-4-6-7-8-11(14-5-2)12-10(13)9-15-16(12)3/h9,11,14H,4-8H2,1-3H3. The maximum Gasteiger partial charge on any atom is 0.0833 e. The summed E-state index contributed by atoms with van der Waals surface area (Å²) in [6.07, 6.45) is 6.60. The molecule has 4 heteroatoms. The Hall–Kier alpha value is -0.540. The normalized spacial score (nSPS) is 13.0. The summed E-state index contributed by atoms with van der Waals surface area (Å²) in [6, 6.07) is 0.330. The van der Waals surface area contributed by atoms with Gasteiger partial charge in [-0.2, -0.15) is 5.10 Å². The second-order valence-electron chi connectivity index (χ2n) is 4.11. The highest BCUT2D eigenvalue weighted by molar-refractivity contribution is 6.31. The van der Waals surface area contributed by atoms with Crippen LogP contribution in [0.15, 0.2) is 6.20 Å². The molecule has 3 nitrogen and oxygen atoms in total. The molecule has 0 aromatic carbocycles. The zero-order valence-corrected chi connectivity index (χ0v) is 11.2. The van der Waals surface area contributed by atoms with Crippen LogP contribution < -0.4 is 5.32 Å². The highest BCUT2D eigenvalue weighted by Gasteiger charge is 2.17. The van der Waals surface area contributed by atoms with Crippen molar-refractivity contribution in [3.63, 3.8) is 0 Å². The maximum absolute atomic E-state index is 6.17. The van der Waals surface area contributed by atoms with E-state index in [1.54, 1.807) is 6.20 Å². The largest absolute Gasteiger partial charge is 0.309 e. The highest BCUT2D eigenvalue weighted by Crippen LogP contribution is 2.26. The molecular formula is C12H22ClN3. The van der Waals surface area contributed by atoms with Gasteiger partial charge in [-0.1, -0.05) is 44.7 Å². The van der Waals surface area contributed by atoms with Gasteiger partial charge < -0.3 is 5.32 Å². The summed E-state index contributed by atoms with van der Waals surface area (Å²) >= 11 is 6.17. The van der Waals surface area contributed by atoms with Gasteiger partial charge >= 0.3 is 0 Å². The molecule has 1 rings (SSSR count). The minimum atomic E-state index is 0.330. The van der Waals surface area contributed by atoms with Crippen LogP contribution >= 0.6 is 11.6 Å². The molecule has 0 fully saturated rings. The Balaban J connectivity index is 2.68. The molecule has 0 aliphatic heterocycles. The lowest BCUT2D eigenvalue weighted by Gasteiger charge is -2.18. The van der Waals surface area contributed by atoms with Gasteiger partial charge in [-0.25, -0.2) is 0 Å². The third kappa shape index (κ3) is 3.49. The van der Waals surface area contributed by atoms with Gasteiger partial charge in [0.1, 0.15) is 0 Å². The predicted octanol–water partition coefficient (Wildman–Crippen LogP) is 3.30. The molecule has 0 spiro atoms. The second kappa shape index (κ2) is 6.92. The van der Waals surface area contributed by atoms with Crippen molar-refractivity contribution in [2.24, 2.45) is 7.05 Å². The molecule has 0 aliphatic rings. The van der Waals surface area contributed by atoms with E-state index in [9.17, 15) is 0 Å². The van der Waals surface area contributed by atoms with Crippen molar-refractivity contribution in [1.29, 1.82) is 0 Å². The average Bonchev–Trinajstić information content (AvgIpc) is 2.58. The molecule has 1 N–H and O–H groups in total. The first-order valence-corrected chi connectivity index (χ1v) is 6.49. The van der Waals surface area contributed by atoms with Gasteiger partial charge in [0.15, 0.2) is 0 Å². The lowest BCUT2D eigenvalue weighted by molar-refractivity contribution is 0.458. The van der Waals surface area contributed by atoms with Crippen molar-refractivity contribution in [2.45, 2.75) is 45.6 Å². The van der Waals surface area contributed by atoms with Gasteiger partial charge in [0, 0.05) is 7.05 Å². The molecule has 92 valence electrons. The van der Waals surface area contributed by atoms with E-state index in [1.807, 2.05) is 11.7 Å². The van der Waals surface area contributed by atoms with E-state index in [2.05, 4.69) is 24.3 Å². The molecule has 0 amide bonds. The fourth-order valence-corrected chi connectivity index (χ4v) is 2.29. The molecular weight excluding hydrogens is 222 g/mol. The number of nitrogens with one attached hydrogen (secondary N) is 1. The van der Waals surface area contributed by atoms with E-state index in [0.29, 0.717) is 6.04 Å². The van der Waals surface area contributed by atoms with Crippen molar-refractivity contribution in [3.8, 4) is 0 Å². The van der Waals surface area contributed by atoms with Gasteiger partial charge in [0.05, 0.1) is 23.0 Å². The fraction of sp³-hybridized carbons (Fsp3) is 0.750. The molecule has 1 heterocycles. The van der Waals surface area contributed by atoms with Gasteiger partial charge in [0.25, 0.3) is 0 Å². The summed E-state index contributed by atoms with van der Waals surface area (Å²) in [5.41, 5.74) is 1.11. The van der Waals surface area contributed by atoms with Crippen LogP contribution in [0.1, 0.15) is 51.3 Å². The smallest absolute Gasteiger partial charge is 0.0833 e. The van der Waals surface area contributed by atoms with Crippen LogP contribution in [-0.2, 0) is 7.05 Å². The Morgan fingerprint density at radius 2 is 2.19 bits per heavy atom. The Labute approximate surface area is 103 Å². The summed E-state index contributed by atoms with van der Waals surface area (Å²) < 4.78 is 1.88. The second-order valence-corrected chi connectivity index (χ2v) is 4.51. The van der Waals surface area contributed by atoms with Crippen LogP contribution in [-0.4, -0.2) is 16.3 Å². The van der Waals surface area contributed by atoms with Crippen molar-refractivity contribution < 1.29 is 0 Å². The SMILES string of the molecule is CCCCCC(NCC)c1c(Cl)cnn1C. The van der Waals surface area contributed by atoms with Crippen LogP contribution in [0.25, 0.3) is 0 Å². The van der Waals surface area contributed by atoms with Crippen LogP contribution in [0.2, 0.25) is 5.02 Å². The lowest BCUT2D eigenvalue weighted by Crippen LogP contribution is -2.23. The van der Waals surface area contributed by atoms with Gasteiger partial charge in [0.2, 0.25) is 0 Å². The summed E-state index contributed by atoms with van der Waals surface area (Å²) in [4.78, 5) is 0. The van der Waals surface area contributed by atoms with Crippen molar-refractivity contribution in [2.75, 3.05) is 6.54 Å². The Morgan fingerprint density at radius 3 is 2.69 bits per heavy atom. The van der Waals surface area contributed by atoms with Crippen molar-refractivity contribution in [3.05, 3.63) is 16.9 Å². The molecule has 1 aromatic rings. The van der Waals surface area contributed by atoms with E-state index < -0.39 is 0 Å². The van der Waals surface area contributed by atoms with E-state index in [1.165, 1.54) is 19.3 Å². The molecule has 0 radical (unpaired) electrons. The molecule has 0 saturated carbocycles. The number of aryl methyl sites for hydroxylation is 1. The molecule has 16 heavy (non-hydrogen) atoms. The number of halogens is 1. The van der Waals surface area contributed by atoms with Crippen LogP contribution in [0.4, 0.5) is 0 Å². The number of hydrogen-bond donors (Lipinski definition) is 1. The number of nitrogens with zero attached hydrogens (tertiary/aromatic N) is 2. The highest BCUT2D eigenvalue weighted by atomic mass is 35.5. The minimum Gasteiger partial charge on any atom is -0.309 e. The number of unbranched alkanes of at least 4 members (excludes halogenated alkanes) is 2. The van der Waals surface area contributed by atoms with Crippen molar-refractivity contribution in [1.82, 2.24) is 15.1 Å². The summed E-state index contributed by atoms with van der Waals surface area (Å²) in [5, 5.41) is 8.44. The molecule has 1 atom stereocenters. The summed E-state index contributed by atoms with van der Waals surface area (Å²) in [7, 11) is 1.95. The molecule has 1 unspecified atom stereocenters. The lowest BCUT2D eigenvalue weighted by atomic mass is 10.1. The number of rotatable bonds is 7. The quantitative estimate of drug-likeness (QED) is 0.745. The van der Waals surface area contributed by atoms with Gasteiger partial charge in [-0.3, -0.25) is 4.68 Å². The first-order chi connectivity index (χ1) is 7.70. The topological polar surface area (TPSA) is 29.9 Å². The minimum absolute atomic E-state index is 0.330. The first-order valence-electron chi connectivity index (χ1n) is 6.11. The number of hydrogen-bond acceptors (Lipinski definition) is 2. The predicted molar refractivity (Wildman–Crippen MR) is 68.8 cm³/mol. The third-order valence-electron chi connectivity index (χ3n) is 2.81. The molecule has 0 aliphatic carbocycles. The zero-order chi connectivity index (χ0) is 12.0. The van der Waals surface area contributed by atoms with Crippen LogP contribution in [0.3, 0.4) is 0 Å². The Kier molecular flexibility index (Phi) is 5.85. The number of aromatic nitrogens is 2. The van der Waals surface area contributed by atoms with Gasteiger partial charge in [-0.05, 0) is 13.0 Å². The Bertz CT molecular complexity index is 290. The van der Waals surface area contributed by atoms with Crippen LogP contribution in [0, 0.1) is 0 Å². The summed E-state index contributed by atoms with van der Waals surface area (Å²) in [5.74, 6) is 0. The van der Waals surface area contributed by atoms with Crippen molar-refractivity contribution >= 4 is 11.6 Å². The summed E-state index contributed by atoms with van der Waals surface area (Å²) in [6.45, 7) is 5.30. The average molecular weight is 244 g/mol.